The van der Waals surface area contributed by atoms with E-state index < -0.39 is 34.3 Å². The highest BCUT2D eigenvalue weighted by atomic mass is 16.2. The van der Waals surface area contributed by atoms with Crippen LogP contribution in [-0.2, 0) is 0 Å². The van der Waals surface area contributed by atoms with E-state index in [-0.39, 0.29) is 22.8 Å². The van der Waals surface area contributed by atoms with E-state index in [1.165, 1.54) is 6.20 Å². The molecule has 246 valence electrons. The van der Waals surface area contributed by atoms with E-state index in [9.17, 15) is 28.8 Å². The molecule has 16 heteroatoms. The van der Waals surface area contributed by atoms with Crippen molar-refractivity contribution in [3.63, 3.8) is 0 Å². The van der Waals surface area contributed by atoms with Crippen LogP contribution in [0, 0.1) is 6.92 Å². The summed E-state index contributed by atoms with van der Waals surface area (Å²) in [5.74, 6) is -0.782. The van der Waals surface area contributed by atoms with Gasteiger partial charge in [-0.05, 0) is 55.0 Å². The van der Waals surface area contributed by atoms with Gasteiger partial charge in [0.2, 0.25) is 0 Å². The number of aryl methyl sites for hydroxylation is 1. The molecular formula is C33H28N10O6. The molecule has 0 aliphatic heterocycles. The Kier molecular flexibility index (Phi) is 10.3. The smallest absolute Gasteiger partial charge is 0.327 e. The number of aromatic nitrogens is 6. The van der Waals surface area contributed by atoms with Crippen molar-refractivity contribution in [1.82, 2.24) is 29.9 Å². The van der Waals surface area contributed by atoms with Gasteiger partial charge < -0.3 is 21.3 Å². The number of anilines is 6. The first-order chi connectivity index (χ1) is 23.7. The van der Waals surface area contributed by atoms with Gasteiger partial charge in [0.15, 0.2) is 0 Å². The van der Waals surface area contributed by atoms with Gasteiger partial charge >= 0.3 is 11.4 Å². The third-order valence-corrected chi connectivity index (χ3v) is 6.49. The van der Waals surface area contributed by atoms with Crippen LogP contribution in [0.5, 0.6) is 0 Å². The van der Waals surface area contributed by atoms with Crippen molar-refractivity contribution in [2.45, 2.75) is 6.92 Å². The maximum atomic E-state index is 12.5. The van der Waals surface area contributed by atoms with E-state index in [0.29, 0.717) is 23.0 Å². The molecule has 4 heterocycles. The number of pyridine rings is 2. The molecule has 4 aromatic heterocycles. The van der Waals surface area contributed by atoms with Gasteiger partial charge in [-0.3, -0.25) is 39.1 Å². The highest BCUT2D eigenvalue weighted by Gasteiger charge is 2.20. The van der Waals surface area contributed by atoms with Crippen LogP contribution in [0.3, 0.4) is 0 Å². The number of carbonyl (C=O) groups excluding carboxylic acids is 2. The van der Waals surface area contributed by atoms with Crippen LogP contribution in [0.2, 0.25) is 0 Å². The lowest BCUT2D eigenvalue weighted by molar-refractivity contribution is 0.101. The molecule has 0 aliphatic carbocycles. The van der Waals surface area contributed by atoms with Crippen molar-refractivity contribution < 1.29 is 9.59 Å². The van der Waals surface area contributed by atoms with Gasteiger partial charge in [-0.2, -0.15) is 0 Å². The van der Waals surface area contributed by atoms with Gasteiger partial charge in [-0.1, -0.05) is 48.5 Å². The number of nitrogens with one attached hydrogen (secondary N) is 8. The minimum Gasteiger partial charge on any atom is -0.341 e. The summed E-state index contributed by atoms with van der Waals surface area (Å²) in [6.45, 7) is 1.87. The molecule has 6 aromatic rings. The highest BCUT2D eigenvalue weighted by Crippen LogP contribution is 2.17. The van der Waals surface area contributed by atoms with E-state index in [0.717, 1.165) is 5.56 Å². The third-order valence-electron chi connectivity index (χ3n) is 6.49. The highest BCUT2D eigenvalue weighted by molar-refractivity contribution is 6.07. The Labute approximate surface area is 275 Å². The minimum atomic E-state index is -0.800. The van der Waals surface area contributed by atoms with Gasteiger partial charge in [-0.15, -0.1) is 0 Å². The van der Waals surface area contributed by atoms with Crippen LogP contribution in [-0.4, -0.2) is 41.7 Å². The zero-order valence-corrected chi connectivity index (χ0v) is 25.7. The van der Waals surface area contributed by atoms with E-state index in [1.807, 2.05) is 24.0 Å². The number of hydrogen-bond donors (Lipinski definition) is 8. The number of amides is 2. The Morgan fingerprint density at radius 1 is 0.551 bits per heavy atom. The third kappa shape index (κ3) is 8.88. The molecule has 49 heavy (non-hydrogen) atoms. The molecule has 0 saturated carbocycles. The van der Waals surface area contributed by atoms with Crippen LogP contribution >= 0.6 is 0 Å². The maximum Gasteiger partial charge on any atom is 0.327 e. The first-order valence-electron chi connectivity index (χ1n) is 14.5. The molecule has 6 rings (SSSR count). The minimum absolute atomic E-state index is 0.00313. The number of hydrogen-bond acceptors (Lipinski definition) is 10. The van der Waals surface area contributed by atoms with Crippen LogP contribution in [0.25, 0.3) is 0 Å². The van der Waals surface area contributed by atoms with Crippen LogP contribution in [0.1, 0.15) is 26.3 Å². The van der Waals surface area contributed by atoms with E-state index >= 15 is 0 Å². The Bertz CT molecular complexity index is 2300. The second kappa shape index (κ2) is 15.3. The molecule has 0 saturated heterocycles. The second-order valence-electron chi connectivity index (χ2n) is 10.1. The number of nitrogens with zero attached hydrogens (tertiary/aromatic N) is 2. The fourth-order valence-electron chi connectivity index (χ4n) is 4.26. The average molecular weight is 661 g/mol. The lowest BCUT2D eigenvalue weighted by Gasteiger charge is -2.10. The predicted octanol–water partition coefficient (Wildman–Crippen LogP) is 3.22. The summed E-state index contributed by atoms with van der Waals surface area (Å²) in [6, 6.07) is 26.1. The SMILES string of the molecule is Cc1ccc(NC(=O)c2c(Nc3ccccc3)[nH]c(=O)[nH]c2=O)nc1.O=C(Nc1ccccn1)c1c(Nc2ccccc2)[nH]c(=O)[nH]c1=O. The van der Waals surface area contributed by atoms with Crippen molar-refractivity contribution >= 4 is 46.5 Å². The Morgan fingerprint density at radius 2 is 1.02 bits per heavy atom. The zero-order valence-electron chi connectivity index (χ0n) is 25.7. The van der Waals surface area contributed by atoms with Gasteiger partial charge in [0.25, 0.3) is 22.9 Å². The fraction of sp³-hybridized carbons (Fsp3) is 0.0303. The summed E-state index contributed by atoms with van der Waals surface area (Å²) in [5.41, 5.74) is -1.35. The average Bonchev–Trinajstić information content (AvgIpc) is 3.07. The van der Waals surface area contributed by atoms with Gasteiger partial charge in [-0.25, -0.2) is 19.6 Å². The van der Waals surface area contributed by atoms with Crippen molar-refractivity contribution in [1.29, 1.82) is 0 Å². The molecule has 8 N–H and O–H groups in total. The van der Waals surface area contributed by atoms with Gasteiger partial charge in [0.05, 0.1) is 0 Å². The van der Waals surface area contributed by atoms with Crippen molar-refractivity contribution in [2.75, 3.05) is 21.3 Å². The summed E-state index contributed by atoms with van der Waals surface area (Å²) >= 11 is 0. The largest absolute Gasteiger partial charge is 0.341 e. The monoisotopic (exact) mass is 660 g/mol. The first-order valence-corrected chi connectivity index (χ1v) is 14.5. The van der Waals surface area contributed by atoms with E-state index in [1.54, 1.807) is 85.1 Å². The molecule has 0 spiro atoms. The summed E-state index contributed by atoms with van der Waals surface area (Å²) in [4.78, 5) is 89.3. The maximum absolute atomic E-state index is 12.5. The van der Waals surface area contributed by atoms with Crippen molar-refractivity contribution in [3.05, 3.63) is 162 Å². The Balaban J connectivity index is 0.000000191. The lowest BCUT2D eigenvalue weighted by atomic mass is 10.2. The fourth-order valence-corrected chi connectivity index (χ4v) is 4.26. The molecule has 2 aromatic carbocycles. The van der Waals surface area contributed by atoms with Crippen LogP contribution < -0.4 is 43.8 Å². The molecule has 0 atom stereocenters. The molecule has 0 aliphatic rings. The second-order valence-corrected chi connectivity index (χ2v) is 10.1. The van der Waals surface area contributed by atoms with Crippen LogP contribution in [0.15, 0.2) is 123 Å². The topological polar surface area (TPSA) is 239 Å². The first kappa shape index (κ1) is 33.0. The summed E-state index contributed by atoms with van der Waals surface area (Å²) in [5, 5.41) is 10.8. The Hall–Kier alpha value is -7.36. The molecule has 0 unspecified atom stereocenters. The Morgan fingerprint density at radius 3 is 1.45 bits per heavy atom. The number of para-hydroxylation sites is 2. The molecule has 0 fully saturated rings. The number of rotatable bonds is 8. The molecule has 0 bridgehead atoms. The van der Waals surface area contributed by atoms with Gasteiger partial charge in [0, 0.05) is 23.8 Å². The normalized spacial score (nSPS) is 10.2. The predicted molar refractivity (Wildman–Crippen MR) is 184 cm³/mol. The summed E-state index contributed by atoms with van der Waals surface area (Å²) in [7, 11) is 0. The quantitative estimate of drug-likeness (QED) is 0.119. The lowest BCUT2D eigenvalue weighted by Crippen LogP contribution is -2.32. The standard InChI is InChI=1S/C17H15N5O3.C16H13N5O3/c1-10-7-8-12(18-9-10)20-15(23)13-14(21-17(25)22-16(13)24)19-11-5-3-2-4-6-11;22-14(19-11-8-4-5-9-17-11)12-13(20-16(24)21-15(12)23)18-10-6-2-1-3-7-10/h2-9H,1H3,(H,18,20,23)(H3,19,21,22,24,25);1-9H,(H,17,19,22)(H3,18,20,21,23,24). The summed E-state index contributed by atoms with van der Waals surface area (Å²) < 4.78 is 0. The number of benzene rings is 2. The number of H-pyrrole nitrogens is 4. The van der Waals surface area contributed by atoms with Crippen LogP contribution in [0.4, 0.5) is 34.6 Å². The molecule has 16 nitrogen and oxygen atoms in total. The van der Waals surface area contributed by atoms with Gasteiger partial charge in [0.1, 0.15) is 34.4 Å². The number of aromatic amines is 4. The molecular weight excluding hydrogens is 632 g/mol. The van der Waals surface area contributed by atoms with E-state index in [2.05, 4.69) is 46.2 Å². The van der Waals surface area contributed by atoms with E-state index in [4.69, 9.17) is 0 Å². The zero-order chi connectivity index (χ0) is 34.8. The molecule has 0 radical (unpaired) electrons. The number of carbonyl (C=O) groups is 2. The molecule has 2 amide bonds. The van der Waals surface area contributed by atoms with Crippen molar-refractivity contribution in [2.24, 2.45) is 0 Å². The van der Waals surface area contributed by atoms with Crippen molar-refractivity contribution in [3.8, 4) is 0 Å². The summed E-state index contributed by atoms with van der Waals surface area (Å²) in [6.07, 6.45) is 3.10.